The number of hydrogen-bond donors (Lipinski definition) is 2. The van der Waals surface area contributed by atoms with Crippen LogP contribution >= 0.6 is 0 Å². The molecule has 1 heterocycles. The Morgan fingerprint density at radius 2 is 2.31 bits per heavy atom. The van der Waals surface area contributed by atoms with Crippen LogP contribution in [0.3, 0.4) is 0 Å². The van der Waals surface area contributed by atoms with Crippen LogP contribution in [-0.4, -0.2) is 11.0 Å². The summed E-state index contributed by atoms with van der Waals surface area (Å²) >= 11 is 0. The molecule has 0 aliphatic rings. The minimum Gasteiger partial charge on any atom is -0.396 e. The highest BCUT2D eigenvalue weighted by Crippen LogP contribution is 2.16. The maximum Gasteiger partial charge on any atom is 0.149 e. The largest absolute Gasteiger partial charge is 0.396 e. The van der Waals surface area contributed by atoms with Crippen molar-refractivity contribution in [3.05, 3.63) is 17.8 Å². The van der Waals surface area contributed by atoms with Crippen LogP contribution in [0.5, 0.6) is 0 Å². The molecular formula is C10H17N3. The fourth-order valence-corrected chi connectivity index (χ4v) is 1.05. The van der Waals surface area contributed by atoms with Crippen molar-refractivity contribution in [3.8, 4) is 0 Å². The van der Waals surface area contributed by atoms with Crippen molar-refractivity contribution in [2.75, 3.05) is 11.1 Å². The average Bonchev–Trinajstić information content (AvgIpc) is 2.09. The quantitative estimate of drug-likeness (QED) is 0.747. The highest BCUT2D eigenvalue weighted by atomic mass is 15.0. The third kappa shape index (κ3) is 2.61. The Bertz CT molecular complexity index is 283. The van der Waals surface area contributed by atoms with Crippen molar-refractivity contribution < 1.29 is 0 Å². The summed E-state index contributed by atoms with van der Waals surface area (Å²) in [6, 6.07) is 2.34. The molecule has 0 aromatic carbocycles. The first-order valence-electron chi connectivity index (χ1n) is 4.62. The van der Waals surface area contributed by atoms with Gasteiger partial charge in [0.25, 0.3) is 0 Å². The van der Waals surface area contributed by atoms with Gasteiger partial charge in [-0.15, -0.1) is 0 Å². The van der Waals surface area contributed by atoms with Crippen LogP contribution in [0.1, 0.15) is 25.8 Å². The van der Waals surface area contributed by atoms with E-state index in [2.05, 4.69) is 24.1 Å². The normalized spacial score (nSPS) is 12.5. The molecule has 3 nitrogen and oxygen atoms in total. The molecule has 1 atom stereocenters. The summed E-state index contributed by atoms with van der Waals surface area (Å²) in [5.41, 5.74) is 7.61. The lowest BCUT2D eigenvalue weighted by Gasteiger charge is -2.13. The standard InChI is InChI=1S/C10H17N3/c1-4-8(3)13-10-9(11)5-7(2)6-12-10/h5-6,8H,4,11H2,1-3H3,(H,12,13)/t8-/m1/s1. The Kier molecular flexibility index (Phi) is 3.12. The van der Waals surface area contributed by atoms with Crippen LogP contribution in [0.2, 0.25) is 0 Å². The molecule has 0 unspecified atom stereocenters. The molecule has 0 saturated heterocycles. The second-order valence-electron chi connectivity index (χ2n) is 3.40. The minimum absolute atomic E-state index is 0.414. The Morgan fingerprint density at radius 3 is 2.85 bits per heavy atom. The zero-order chi connectivity index (χ0) is 9.84. The molecule has 0 aliphatic heterocycles. The second kappa shape index (κ2) is 4.12. The van der Waals surface area contributed by atoms with E-state index < -0.39 is 0 Å². The van der Waals surface area contributed by atoms with Gasteiger partial charge in [0, 0.05) is 12.2 Å². The van der Waals surface area contributed by atoms with E-state index in [9.17, 15) is 0 Å². The lowest BCUT2D eigenvalue weighted by molar-refractivity contribution is 0.759. The van der Waals surface area contributed by atoms with E-state index in [0.717, 1.165) is 23.5 Å². The fraction of sp³-hybridized carbons (Fsp3) is 0.500. The summed E-state index contributed by atoms with van der Waals surface area (Å²) in [6.45, 7) is 6.22. The first-order chi connectivity index (χ1) is 6.13. The molecule has 1 aromatic heterocycles. The van der Waals surface area contributed by atoms with E-state index in [1.807, 2.05) is 19.2 Å². The number of nitrogens with one attached hydrogen (secondary N) is 1. The maximum atomic E-state index is 5.80. The number of pyridine rings is 1. The van der Waals surface area contributed by atoms with Crippen LogP contribution in [0.4, 0.5) is 11.5 Å². The number of anilines is 2. The molecule has 0 bridgehead atoms. The summed E-state index contributed by atoms with van der Waals surface area (Å²) < 4.78 is 0. The smallest absolute Gasteiger partial charge is 0.149 e. The zero-order valence-electron chi connectivity index (χ0n) is 8.46. The van der Waals surface area contributed by atoms with Gasteiger partial charge in [-0.25, -0.2) is 4.98 Å². The Hall–Kier alpha value is -1.25. The summed E-state index contributed by atoms with van der Waals surface area (Å²) in [5.74, 6) is 0.792. The number of rotatable bonds is 3. The van der Waals surface area contributed by atoms with Gasteiger partial charge in [0.1, 0.15) is 5.82 Å². The molecule has 0 aliphatic carbocycles. The lowest BCUT2D eigenvalue weighted by Crippen LogP contribution is -2.15. The van der Waals surface area contributed by atoms with E-state index in [0.29, 0.717) is 6.04 Å². The predicted octanol–water partition coefficient (Wildman–Crippen LogP) is 2.18. The average molecular weight is 179 g/mol. The second-order valence-corrected chi connectivity index (χ2v) is 3.40. The number of aryl methyl sites for hydroxylation is 1. The first kappa shape index (κ1) is 9.84. The van der Waals surface area contributed by atoms with Gasteiger partial charge in [-0.2, -0.15) is 0 Å². The molecule has 72 valence electrons. The van der Waals surface area contributed by atoms with Crippen molar-refractivity contribution in [2.45, 2.75) is 33.2 Å². The highest BCUT2D eigenvalue weighted by molar-refractivity contribution is 5.61. The SMILES string of the molecule is CC[C@@H](C)Nc1ncc(C)cc1N. The van der Waals surface area contributed by atoms with Gasteiger partial charge in [-0.1, -0.05) is 6.92 Å². The lowest BCUT2D eigenvalue weighted by atomic mass is 10.2. The molecular weight excluding hydrogens is 162 g/mol. The van der Waals surface area contributed by atoms with E-state index in [1.165, 1.54) is 0 Å². The summed E-state index contributed by atoms with van der Waals surface area (Å²) in [6.07, 6.45) is 2.88. The predicted molar refractivity (Wildman–Crippen MR) is 56.8 cm³/mol. The van der Waals surface area contributed by atoms with Gasteiger partial charge in [-0.3, -0.25) is 0 Å². The van der Waals surface area contributed by atoms with Crippen LogP contribution in [0.15, 0.2) is 12.3 Å². The monoisotopic (exact) mass is 179 g/mol. The van der Waals surface area contributed by atoms with Crippen molar-refractivity contribution >= 4 is 11.5 Å². The van der Waals surface area contributed by atoms with Gasteiger partial charge in [0.2, 0.25) is 0 Å². The van der Waals surface area contributed by atoms with E-state index in [4.69, 9.17) is 5.73 Å². The molecule has 1 aromatic rings. The molecule has 1 rings (SSSR count). The Labute approximate surface area is 79.4 Å². The summed E-state index contributed by atoms with van der Waals surface area (Å²) in [5, 5.41) is 3.25. The Balaban J connectivity index is 2.77. The zero-order valence-corrected chi connectivity index (χ0v) is 8.46. The topological polar surface area (TPSA) is 50.9 Å². The molecule has 13 heavy (non-hydrogen) atoms. The van der Waals surface area contributed by atoms with Gasteiger partial charge in [0.15, 0.2) is 0 Å². The number of nitrogens with zero attached hydrogens (tertiary/aromatic N) is 1. The van der Waals surface area contributed by atoms with Gasteiger partial charge in [-0.05, 0) is 31.9 Å². The molecule has 0 fully saturated rings. The third-order valence-electron chi connectivity index (χ3n) is 2.05. The van der Waals surface area contributed by atoms with Crippen LogP contribution in [-0.2, 0) is 0 Å². The third-order valence-corrected chi connectivity index (χ3v) is 2.05. The van der Waals surface area contributed by atoms with Gasteiger partial charge in [0.05, 0.1) is 5.69 Å². The molecule has 3 heteroatoms. The van der Waals surface area contributed by atoms with E-state index in [1.54, 1.807) is 0 Å². The molecule has 0 radical (unpaired) electrons. The number of hydrogen-bond acceptors (Lipinski definition) is 3. The Morgan fingerprint density at radius 1 is 1.62 bits per heavy atom. The number of nitrogen functional groups attached to an aromatic ring is 1. The summed E-state index contributed by atoms with van der Waals surface area (Å²) in [7, 11) is 0. The van der Waals surface area contributed by atoms with Crippen molar-refractivity contribution in [1.82, 2.24) is 4.98 Å². The molecule has 3 N–H and O–H groups in total. The van der Waals surface area contributed by atoms with Gasteiger partial charge < -0.3 is 11.1 Å². The summed E-state index contributed by atoms with van der Waals surface area (Å²) in [4.78, 5) is 4.23. The highest BCUT2D eigenvalue weighted by Gasteiger charge is 2.03. The van der Waals surface area contributed by atoms with Gasteiger partial charge >= 0.3 is 0 Å². The van der Waals surface area contributed by atoms with Crippen molar-refractivity contribution in [1.29, 1.82) is 0 Å². The molecule has 0 saturated carbocycles. The fourth-order valence-electron chi connectivity index (χ4n) is 1.05. The van der Waals surface area contributed by atoms with Crippen LogP contribution < -0.4 is 11.1 Å². The van der Waals surface area contributed by atoms with E-state index in [-0.39, 0.29) is 0 Å². The number of aromatic nitrogens is 1. The maximum absolute atomic E-state index is 5.80. The van der Waals surface area contributed by atoms with Crippen molar-refractivity contribution in [3.63, 3.8) is 0 Å². The minimum atomic E-state index is 0.414. The van der Waals surface area contributed by atoms with Crippen LogP contribution in [0, 0.1) is 6.92 Å². The first-order valence-corrected chi connectivity index (χ1v) is 4.62. The molecule has 0 amide bonds. The number of nitrogens with two attached hydrogens (primary N) is 1. The molecule has 0 spiro atoms. The van der Waals surface area contributed by atoms with Crippen molar-refractivity contribution in [2.24, 2.45) is 0 Å². The van der Waals surface area contributed by atoms with E-state index >= 15 is 0 Å². The van der Waals surface area contributed by atoms with Crippen LogP contribution in [0.25, 0.3) is 0 Å².